The molecule has 1 N–H and O–H groups in total. The van der Waals surface area contributed by atoms with Crippen molar-refractivity contribution in [3.05, 3.63) is 70.8 Å². The Morgan fingerprint density at radius 2 is 1.29 bits per heavy atom. The number of aliphatic hydroxyl groups excluding tert-OH is 1. The smallest absolute Gasteiger partial charge is 0.364 e. The fourth-order valence-electron chi connectivity index (χ4n) is 2.15. The summed E-state index contributed by atoms with van der Waals surface area (Å²) in [5.41, 5.74) is -2.93. The van der Waals surface area contributed by atoms with Crippen LogP contribution < -0.4 is 0 Å². The molecule has 0 radical (unpaired) electrons. The van der Waals surface area contributed by atoms with E-state index in [9.17, 15) is 31.4 Å². The lowest BCUT2D eigenvalue weighted by atomic mass is 10.1. The molecule has 0 aliphatic carbocycles. The Hall–Kier alpha value is -2.06. The first-order valence-corrected chi connectivity index (χ1v) is 6.71. The molecule has 0 spiro atoms. The Labute approximate surface area is 133 Å². The van der Waals surface area contributed by atoms with Crippen LogP contribution in [0.2, 0.25) is 0 Å². The molecule has 24 heavy (non-hydrogen) atoms. The van der Waals surface area contributed by atoms with Gasteiger partial charge in [0.25, 0.3) is 0 Å². The maximum Gasteiger partial charge on any atom is 0.416 e. The highest BCUT2D eigenvalue weighted by Gasteiger charge is 2.36. The predicted molar refractivity (Wildman–Crippen MR) is 72.6 cm³/mol. The van der Waals surface area contributed by atoms with Crippen LogP contribution in [0.4, 0.5) is 26.3 Å². The summed E-state index contributed by atoms with van der Waals surface area (Å²) in [4.78, 5) is 0. The van der Waals surface area contributed by atoms with Gasteiger partial charge in [-0.05, 0) is 17.7 Å². The molecule has 0 aliphatic heterocycles. The molecule has 130 valence electrons. The summed E-state index contributed by atoms with van der Waals surface area (Å²) in [5.74, 6) is 0. The van der Waals surface area contributed by atoms with Crippen molar-refractivity contribution in [3.63, 3.8) is 0 Å². The summed E-state index contributed by atoms with van der Waals surface area (Å²) in [5, 5.41) is 9.82. The largest absolute Gasteiger partial charge is 0.416 e. The first-order chi connectivity index (χ1) is 11.1. The van der Waals surface area contributed by atoms with E-state index in [2.05, 4.69) is 0 Å². The Morgan fingerprint density at radius 3 is 1.88 bits per heavy atom. The minimum absolute atomic E-state index is 0.284. The van der Waals surface area contributed by atoms with Crippen molar-refractivity contribution in [1.82, 2.24) is 0 Å². The molecule has 0 aliphatic rings. The van der Waals surface area contributed by atoms with Crippen molar-refractivity contribution >= 4 is 0 Å². The topological polar surface area (TPSA) is 29.5 Å². The third-order valence-corrected chi connectivity index (χ3v) is 3.25. The minimum Gasteiger partial charge on any atom is -0.364 e. The van der Waals surface area contributed by atoms with E-state index in [4.69, 9.17) is 4.74 Å². The van der Waals surface area contributed by atoms with E-state index in [1.165, 1.54) is 18.2 Å². The number of aliphatic hydroxyl groups is 1. The zero-order valence-corrected chi connectivity index (χ0v) is 12.0. The number of benzene rings is 2. The maximum absolute atomic E-state index is 12.9. The van der Waals surface area contributed by atoms with Crippen LogP contribution in [0, 0.1) is 0 Å². The molecule has 0 aromatic heterocycles. The zero-order chi connectivity index (χ0) is 18.0. The van der Waals surface area contributed by atoms with E-state index in [1.54, 1.807) is 0 Å². The molecule has 0 heterocycles. The van der Waals surface area contributed by atoms with Crippen molar-refractivity contribution < 1.29 is 36.2 Å². The average Bonchev–Trinajstić information content (AvgIpc) is 2.51. The lowest BCUT2D eigenvalue weighted by Crippen LogP contribution is -2.15. The molecule has 0 bridgehead atoms. The number of halogens is 6. The van der Waals surface area contributed by atoms with Crippen molar-refractivity contribution in [2.45, 2.75) is 25.2 Å². The fourth-order valence-corrected chi connectivity index (χ4v) is 2.15. The molecule has 2 rings (SSSR count). The van der Waals surface area contributed by atoms with Crippen molar-refractivity contribution in [1.29, 1.82) is 0 Å². The molecule has 2 aromatic carbocycles. The second-order valence-corrected chi connectivity index (χ2v) is 4.90. The van der Waals surface area contributed by atoms with Crippen molar-refractivity contribution in [2.24, 2.45) is 0 Å². The molecule has 0 saturated heterocycles. The van der Waals surface area contributed by atoms with Gasteiger partial charge in [0.2, 0.25) is 0 Å². The van der Waals surface area contributed by atoms with Gasteiger partial charge >= 0.3 is 12.4 Å². The number of hydrogen-bond acceptors (Lipinski definition) is 2. The number of alkyl halides is 6. The second kappa shape index (κ2) is 6.82. The molecule has 0 saturated carbocycles. The fraction of sp³-hybridized carbons (Fsp3) is 0.250. The van der Waals surface area contributed by atoms with E-state index in [-0.39, 0.29) is 5.56 Å². The normalized spacial score (nSPS) is 13.8. The molecular formula is C16H12F6O2. The third-order valence-electron chi connectivity index (χ3n) is 3.25. The Balaban J connectivity index is 2.20. The van der Waals surface area contributed by atoms with Crippen LogP contribution in [0.1, 0.15) is 28.5 Å². The minimum atomic E-state index is -4.72. The van der Waals surface area contributed by atoms with E-state index in [0.29, 0.717) is 0 Å². The molecule has 1 atom stereocenters. The predicted octanol–water partition coefficient (Wildman–Crippen LogP) is 4.93. The van der Waals surface area contributed by atoms with Crippen LogP contribution in [0.15, 0.2) is 48.5 Å². The summed E-state index contributed by atoms with van der Waals surface area (Å²) in [6.07, 6.45) is -11.4. The molecule has 1 unspecified atom stereocenters. The van der Waals surface area contributed by atoms with E-state index >= 15 is 0 Å². The van der Waals surface area contributed by atoms with E-state index in [1.807, 2.05) is 0 Å². The zero-order valence-electron chi connectivity index (χ0n) is 12.0. The van der Waals surface area contributed by atoms with Crippen LogP contribution in [-0.2, 0) is 23.7 Å². The maximum atomic E-state index is 12.9. The van der Waals surface area contributed by atoms with E-state index in [0.717, 1.165) is 30.3 Å². The second-order valence-electron chi connectivity index (χ2n) is 4.90. The molecule has 2 nitrogen and oxygen atoms in total. The first-order valence-electron chi connectivity index (χ1n) is 6.71. The van der Waals surface area contributed by atoms with Gasteiger partial charge in [-0.25, -0.2) is 0 Å². The van der Waals surface area contributed by atoms with Gasteiger partial charge in [0.1, 0.15) is 0 Å². The molecule has 0 fully saturated rings. The highest BCUT2D eigenvalue weighted by molar-refractivity contribution is 5.31. The van der Waals surface area contributed by atoms with Gasteiger partial charge in [0, 0.05) is 5.56 Å². The van der Waals surface area contributed by atoms with Crippen LogP contribution >= 0.6 is 0 Å². The summed E-state index contributed by atoms with van der Waals surface area (Å²) in [6, 6.07) is 8.64. The van der Waals surface area contributed by atoms with Gasteiger partial charge < -0.3 is 9.84 Å². The quantitative estimate of drug-likeness (QED) is 0.626. The van der Waals surface area contributed by atoms with Gasteiger partial charge in [-0.1, -0.05) is 36.4 Å². The van der Waals surface area contributed by atoms with Crippen molar-refractivity contribution in [2.75, 3.05) is 0 Å². The molecular weight excluding hydrogens is 338 g/mol. The standard InChI is InChI=1S/C16H12F6O2/c17-15(18,19)12-7-3-1-5-10(12)9-24-14(23)11-6-2-4-8-13(11)16(20,21)22/h1-8,14,23H,9H2. The van der Waals surface area contributed by atoms with Gasteiger partial charge in [0.15, 0.2) is 6.29 Å². The van der Waals surface area contributed by atoms with Crippen LogP contribution in [-0.4, -0.2) is 5.11 Å². The monoisotopic (exact) mass is 350 g/mol. The Morgan fingerprint density at radius 1 is 0.792 bits per heavy atom. The van der Waals surface area contributed by atoms with Crippen molar-refractivity contribution in [3.8, 4) is 0 Å². The summed E-state index contributed by atoms with van der Waals surface area (Å²) in [6.45, 7) is -0.691. The molecule has 8 heteroatoms. The van der Waals surface area contributed by atoms with Crippen LogP contribution in [0.3, 0.4) is 0 Å². The summed E-state index contributed by atoms with van der Waals surface area (Å²) >= 11 is 0. The van der Waals surface area contributed by atoms with Gasteiger partial charge in [-0.2, -0.15) is 26.3 Å². The highest BCUT2D eigenvalue weighted by atomic mass is 19.4. The number of ether oxygens (including phenoxy) is 1. The average molecular weight is 350 g/mol. The lowest BCUT2D eigenvalue weighted by Gasteiger charge is -2.19. The first kappa shape index (κ1) is 18.3. The lowest BCUT2D eigenvalue weighted by molar-refractivity contribution is -0.151. The van der Waals surface area contributed by atoms with E-state index < -0.39 is 41.9 Å². The summed E-state index contributed by atoms with van der Waals surface area (Å²) in [7, 11) is 0. The Kier molecular flexibility index (Phi) is 5.19. The number of hydrogen-bond donors (Lipinski definition) is 1. The summed E-state index contributed by atoms with van der Waals surface area (Å²) < 4.78 is 82.0. The van der Waals surface area contributed by atoms with Gasteiger partial charge in [-0.15, -0.1) is 0 Å². The van der Waals surface area contributed by atoms with Gasteiger partial charge in [0.05, 0.1) is 17.7 Å². The SMILES string of the molecule is OC(OCc1ccccc1C(F)(F)F)c1ccccc1C(F)(F)F. The van der Waals surface area contributed by atoms with Gasteiger partial charge in [-0.3, -0.25) is 0 Å². The number of rotatable bonds is 4. The third kappa shape index (κ3) is 4.27. The highest BCUT2D eigenvalue weighted by Crippen LogP contribution is 2.36. The Bertz CT molecular complexity index is 693. The van der Waals surface area contributed by atoms with Crippen LogP contribution in [0.5, 0.6) is 0 Å². The molecule has 0 amide bonds. The van der Waals surface area contributed by atoms with Crippen LogP contribution in [0.25, 0.3) is 0 Å². The molecule has 2 aromatic rings.